The molecule has 0 amide bonds. The molecular weight excluding hydrogens is 279 g/mol. The van der Waals surface area contributed by atoms with Crippen LogP contribution >= 0.6 is 0 Å². The fraction of sp³-hybridized carbons (Fsp3) is 0.412. The highest BCUT2D eigenvalue weighted by molar-refractivity contribution is 5.62. The summed E-state index contributed by atoms with van der Waals surface area (Å²) in [6.45, 7) is 5.93. The third-order valence-electron chi connectivity index (χ3n) is 4.23. The number of piperidine rings is 1. The molecule has 1 fully saturated rings. The van der Waals surface area contributed by atoms with Crippen molar-refractivity contribution in [3.8, 4) is 0 Å². The zero-order valence-corrected chi connectivity index (χ0v) is 13.1. The summed E-state index contributed by atoms with van der Waals surface area (Å²) in [7, 11) is 0. The highest BCUT2D eigenvalue weighted by atomic mass is 19.1. The van der Waals surface area contributed by atoms with Gasteiger partial charge in [0.15, 0.2) is 11.6 Å². The Labute approximate surface area is 130 Å². The number of halogens is 1. The van der Waals surface area contributed by atoms with Gasteiger partial charge < -0.3 is 10.2 Å². The van der Waals surface area contributed by atoms with E-state index in [-0.39, 0.29) is 5.82 Å². The summed E-state index contributed by atoms with van der Waals surface area (Å²) in [6, 6.07) is 5.93. The lowest BCUT2D eigenvalue weighted by Gasteiger charge is -2.26. The molecule has 1 N–H and O–H groups in total. The Morgan fingerprint density at radius 3 is 2.68 bits per heavy atom. The number of aryl methyl sites for hydroxylation is 1. The predicted molar refractivity (Wildman–Crippen MR) is 87.3 cm³/mol. The van der Waals surface area contributed by atoms with Gasteiger partial charge in [-0.25, -0.2) is 9.37 Å². The van der Waals surface area contributed by atoms with E-state index in [9.17, 15) is 4.39 Å². The molecule has 5 heteroatoms. The number of nitrogens with one attached hydrogen (secondary N) is 1. The average molecular weight is 300 g/mol. The van der Waals surface area contributed by atoms with Crippen LogP contribution in [0.15, 0.2) is 24.4 Å². The predicted octanol–water partition coefficient (Wildman–Crippen LogP) is 3.97. The van der Waals surface area contributed by atoms with Gasteiger partial charge in [-0.2, -0.15) is 4.98 Å². The lowest BCUT2D eigenvalue weighted by molar-refractivity contribution is 0.563. The monoisotopic (exact) mass is 300 g/mol. The Morgan fingerprint density at radius 2 is 1.91 bits per heavy atom. The molecule has 1 aliphatic heterocycles. The van der Waals surface area contributed by atoms with Crippen molar-refractivity contribution in [1.82, 2.24) is 9.97 Å². The van der Waals surface area contributed by atoms with Crippen molar-refractivity contribution in [3.05, 3.63) is 41.3 Å². The summed E-state index contributed by atoms with van der Waals surface area (Å²) in [5.41, 5.74) is 3.14. The summed E-state index contributed by atoms with van der Waals surface area (Å²) in [5.74, 6) is 0.417. The van der Waals surface area contributed by atoms with Crippen LogP contribution in [0.2, 0.25) is 0 Å². The molecule has 0 radical (unpaired) electrons. The van der Waals surface area contributed by atoms with Gasteiger partial charge in [0.05, 0.1) is 6.20 Å². The molecule has 1 aliphatic rings. The number of hydrogen-bond acceptors (Lipinski definition) is 4. The van der Waals surface area contributed by atoms with Crippen LogP contribution in [-0.4, -0.2) is 23.1 Å². The van der Waals surface area contributed by atoms with Gasteiger partial charge in [-0.15, -0.1) is 0 Å². The summed E-state index contributed by atoms with van der Waals surface area (Å²) in [4.78, 5) is 10.7. The van der Waals surface area contributed by atoms with Crippen LogP contribution in [0.1, 0.15) is 30.4 Å². The van der Waals surface area contributed by atoms with Gasteiger partial charge in [0.25, 0.3) is 0 Å². The van der Waals surface area contributed by atoms with Crippen molar-refractivity contribution in [2.45, 2.75) is 33.1 Å². The van der Waals surface area contributed by atoms with E-state index in [0.717, 1.165) is 42.7 Å². The minimum Gasteiger partial charge on any atom is -0.341 e. The molecule has 1 saturated heterocycles. The first-order valence-electron chi connectivity index (χ1n) is 7.76. The van der Waals surface area contributed by atoms with Gasteiger partial charge in [0.2, 0.25) is 5.95 Å². The maximum Gasteiger partial charge on any atom is 0.227 e. The quantitative estimate of drug-likeness (QED) is 0.931. The molecule has 0 spiro atoms. The van der Waals surface area contributed by atoms with E-state index >= 15 is 0 Å². The van der Waals surface area contributed by atoms with Gasteiger partial charge in [-0.05, 0) is 50.3 Å². The molecule has 22 heavy (non-hydrogen) atoms. The van der Waals surface area contributed by atoms with Crippen LogP contribution < -0.4 is 10.2 Å². The summed E-state index contributed by atoms with van der Waals surface area (Å²) >= 11 is 0. The van der Waals surface area contributed by atoms with Crippen LogP contribution in [0, 0.1) is 19.7 Å². The van der Waals surface area contributed by atoms with Crippen molar-refractivity contribution < 1.29 is 4.39 Å². The summed E-state index contributed by atoms with van der Waals surface area (Å²) < 4.78 is 14.0. The number of rotatable bonds is 3. The number of benzene rings is 1. The van der Waals surface area contributed by atoms with Crippen LogP contribution in [0.4, 0.5) is 21.8 Å². The highest BCUT2D eigenvalue weighted by Gasteiger charge is 2.16. The topological polar surface area (TPSA) is 41.1 Å². The third-order valence-corrected chi connectivity index (χ3v) is 4.23. The minimum absolute atomic E-state index is 0.240. The van der Waals surface area contributed by atoms with Crippen molar-refractivity contribution >= 4 is 17.5 Å². The maximum atomic E-state index is 14.0. The van der Waals surface area contributed by atoms with Crippen molar-refractivity contribution in [3.63, 3.8) is 0 Å². The standard InChI is InChI=1S/C17H21FN4/c1-12-7-6-8-15(13(12)2)20-16-14(18)11-19-17(21-16)22-9-4-3-5-10-22/h6-8,11H,3-5,9-10H2,1-2H3,(H,19,20,21). The lowest BCUT2D eigenvalue weighted by Crippen LogP contribution is -2.31. The molecule has 1 aromatic carbocycles. The molecule has 116 valence electrons. The zero-order chi connectivity index (χ0) is 15.5. The van der Waals surface area contributed by atoms with E-state index in [1.165, 1.54) is 12.6 Å². The van der Waals surface area contributed by atoms with Gasteiger partial charge in [0.1, 0.15) is 0 Å². The fourth-order valence-electron chi connectivity index (χ4n) is 2.71. The Kier molecular flexibility index (Phi) is 4.22. The molecule has 0 unspecified atom stereocenters. The Morgan fingerprint density at radius 1 is 1.14 bits per heavy atom. The van der Waals surface area contributed by atoms with Gasteiger partial charge >= 0.3 is 0 Å². The van der Waals surface area contributed by atoms with E-state index in [0.29, 0.717) is 5.95 Å². The molecule has 4 nitrogen and oxygen atoms in total. The number of nitrogens with zero attached hydrogens (tertiary/aromatic N) is 3. The zero-order valence-electron chi connectivity index (χ0n) is 13.1. The SMILES string of the molecule is Cc1cccc(Nc2nc(N3CCCCC3)ncc2F)c1C. The van der Waals surface area contributed by atoms with Gasteiger partial charge in [0, 0.05) is 18.8 Å². The normalized spacial score (nSPS) is 15.0. The van der Waals surface area contributed by atoms with Crippen LogP contribution in [0.25, 0.3) is 0 Å². The molecule has 2 heterocycles. The molecule has 2 aromatic rings. The highest BCUT2D eigenvalue weighted by Crippen LogP contribution is 2.25. The second kappa shape index (κ2) is 6.30. The Hall–Kier alpha value is -2.17. The smallest absolute Gasteiger partial charge is 0.227 e. The maximum absolute atomic E-state index is 14.0. The molecule has 3 rings (SSSR count). The van der Waals surface area contributed by atoms with Crippen molar-refractivity contribution in [2.75, 3.05) is 23.3 Å². The first kappa shape index (κ1) is 14.8. The average Bonchev–Trinajstić information content (AvgIpc) is 2.54. The van der Waals surface area contributed by atoms with Crippen molar-refractivity contribution in [2.24, 2.45) is 0 Å². The molecular formula is C17H21FN4. The molecule has 0 saturated carbocycles. The van der Waals surface area contributed by atoms with Gasteiger partial charge in [-0.3, -0.25) is 0 Å². The largest absolute Gasteiger partial charge is 0.341 e. The lowest BCUT2D eigenvalue weighted by atomic mass is 10.1. The van der Waals surface area contributed by atoms with E-state index in [2.05, 4.69) is 20.2 Å². The number of aromatic nitrogens is 2. The van der Waals surface area contributed by atoms with Crippen LogP contribution in [-0.2, 0) is 0 Å². The van der Waals surface area contributed by atoms with Gasteiger partial charge in [-0.1, -0.05) is 12.1 Å². The second-order valence-electron chi connectivity index (χ2n) is 5.79. The first-order chi connectivity index (χ1) is 10.6. The van der Waals surface area contributed by atoms with E-state index < -0.39 is 5.82 Å². The molecule has 0 bridgehead atoms. The van der Waals surface area contributed by atoms with E-state index in [1.807, 2.05) is 32.0 Å². The van der Waals surface area contributed by atoms with E-state index in [4.69, 9.17) is 0 Å². The number of anilines is 3. The fourth-order valence-corrected chi connectivity index (χ4v) is 2.71. The molecule has 1 aromatic heterocycles. The van der Waals surface area contributed by atoms with E-state index in [1.54, 1.807) is 0 Å². The number of hydrogen-bond donors (Lipinski definition) is 1. The Balaban J connectivity index is 1.88. The minimum atomic E-state index is -0.429. The van der Waals surface area contributed by atoms with Crippen LogP contribution in [0.3, 0.4) is 0 Å². The summed E-state index contributed by atoms with van der Waals surface area (Å²) in [5, 5.41) is 3.11. The first-order valence-corrected chi connectivity index (χ1v) is 7.76. The summed E-state index contributed by atoms with van der Waals surface area (Å²) in [6.07, 6.45) is 4.77. The van der Waals surface area contributed by atoms with Crippen molar-refractivity contribution in [1.29, 1.82) is 0 Å². The third kappa shape index (κ3) is 3.03. The molecule has 0 atom stereocenters. The molecule has 0 aliphatic carbocycles. The Bertz CT molecular complexity index is 666. The second-order valence-corrected chi connectivity index (χ2v) is 5.79. The van der Waals surface area contributed by atoms with Crippen LogP contribution in [0.5, 0.6) is 0 Å².